The first-order chi connectivity index (χ1) is 7.00. The number of rotatable bonds is 0. The highest BCUT2D eigenvalue weighted by Gasteiger charge is 1.92. The van der Waals surface area contributed by atoms with Crippen LogP contribution in [0.4, 0.5) is 0 Å². The van der Waals surface area contributed by atoms with E-state index in [4.69, 9.17) is 0 Å². The molecule has 14 heavy (non-hydrogen) atoms. The van der Waals surface area contributed by atoms with Crippen molar-refractivity contribution in [3.05, 3.63) is 0 Å². The molecule has 0 spiro atoms. The number of nitrogens with zero attached hydrogens (tertiary/aromatic N) is 2. The van der Waals surface area contributed by atoms with E-state index < -0.39 is 0 Å². The highest BCUT2D eigenvalue weighted by Crippen LogP contribution is 2.04. The Hall–Kier alpha value is -0.880. The maximum absolute atomic E-state index is 3.65. The fourth-order valence-electron chi connectivity index (χ4n) is 1.37. The van der Waals surface area contributed by atoms with Gasteiger partial charge in [-0.2, -0.15) is 0 Å². The van der Waals surface area contributed by atoms with Crippen molar-refractivity contribution < 1.29 is 0 Å². The molecule has 1 aliphatic heterocycles. The smallest absolute Gasteiger partial charge is 0.0164 e. The molecule has 1 heterocycles. The summed E-state index contributed by atoms with van der Waals surface area (Å²) in [5, 5.41) is 7.30. The first-order valence-corrected chi connectivity index (χ1v) is 5.35. The van der Waals surface area contributed by atoms with Crippen LogP contribution in [0.1, 0.15) is 38.5 Å². The summed E-state index contributed by atoms with van der Waals surface area (Å²) in [6.45, 7) is 1.87. The maximum Gasteiger partial charge on any atom is 0.0164 e. The molecule has 6 heteroatoms. The second kappa shape index (κ2) is 8.71. The average Bonchev–Trinajstić information content (AvgIpc) is 2.22. The molecule has 0 aromatic rings. The lowest BCUT2D eigenvalue weighted by molar-refractivity contribution is 0.440. The highest BCUT2D eigenvalue weighted by atomic mass is 15.7. The molecule has 0 aromatic carbocycles. The van der Waals surface area contributed by atoms with Gasteiger partial charge < -0.3 is 0 Å². The minimum atomic E-state index is 0.937. The van der Waals surface area contributed by atoms with Crippen LogP contribution < -0.4 is 21.9 Å². The molecule has 0 fully saturated rings. The number of hydrazine groups is 2. The molecule has 0 bridgehead atoms. The van der Waals surface area contributed by atoms with Gasteiger partial charge in [-0.05, 0) is 23.3 Å². The summed E-state index contributed by atoms with van der Waals surface area (Å²) in [6.07, 6.45) is 7.62. The Kier molecular flexibility index (Phi) is 6.96. The summed E-state index contributed by atoms with van der Waals surface area (Å²) in [5.74, 6) is 0. The van der Waals surface area contributed by atoms with E-state index in [1.807, 2.05) is 0 Å². The standard InChI is InChI=1S/C8H20N6/c1-2-4-6-8-10-12-14-13-11-9-7-5-3-1/h1-8H2,(H2,9,12,13)(H2,10,11,14). The van der Waals surface area contributed by atoms with E-state index in [1.165, 1.54) is 38.5 Å². The predicted molar refractivity (Wildman–Crippen MR) is 54.8 cm³/mol. The van der Waals surface area contributed by atoms with Crippen molar-refractivity contribution in [2.75, 3.05) is 13.1 Å². The molecule has 0 aromatic heterocycles. The Morgan fingerprint density at radius 3 is 1.50 bits per heavy atom. The van der Waals surface area contributed by atoms with E-state index in [9.17, 15) is 0 Å². The van der Waals surface area contributed by atoms with Crippen LogP contribution in [0.25, 0.3) is 0 Å². The predicted octanol–water partition coefficient (Wildman–Crippen LogP) is 0.811. The van der Waals surface area contributed by atoms with Gasteiger partial charge in [0.1, 0.15) is 0 Å². The summed E-state index contributed by atoms with van der Waals surface area (Å²) in [4.78, 5) is 0. The van der Waals surface area contributed by atoms with E-state index in [0.717, 1.165) is 13.1 Å². The van der Waals surface area contributed by atoms with Crippen LogP contribution in [0.2, 0.25) is 0 Å². The van der Waals surface area contributed by atoms with Crippen molar-refractivity contribution in [1.29, 1.82) is 0 Å². The van der Waals surface area contributed by atoms with E-state index in [0.29, 0.717) is 0 Å². The molecular weight excluding hydrogens is 180 g/mol. The first kappa shape index (κ1) is 11.2. The van der Waals surface area contributed by atoms with Crippen LogP contribution in [-0.2, 0) is 0 Å². The molecule has 0 amide bonds. The lowest BCUT2D eigenvalue weighted by Crippen LogP contribution is -2.31. The van der Waals surface area contributed by atoms with Gasteiger partial charge in [-0.15, -0.1) is 0 Å². The third kappa shape index (κ3) is 6.62. The van der Waals surface area contributed by atoms with Crippen molar-refractivity contribution in [3.63, 3.8) is 0 Å². The monoisotopic (exact) mass is 200 g/mol. The quantitative estimate of drug-likeness (QED) is 0.467. The Morgan fingerprint density at radius 1 is 0.571 bits per heavy atom. The second-order valence-electron chi connectivity index (χ2n) is 3.40. The Balaban J connectivity index is 2.09. The van der Waals surface area contributed by atoms with Crippen molar-refractivity contribution in [2.24, 2.45) is 10.4 Å². The Bertz CT molecular complexity index is 133. The van der Waals surface area contributed by atoms with Gasteiger partial charge in [0, 0.05) is 13.1 Å². The van der Waals surface area contributed by atoms with Crippen LogP contribution in [0.15, 0.2) is 10.4 Å². The zero-order valence-electron chi connectivity index (χ0n) is 8.55. The van der Waals surface area contributed by atoms with Gasteiger partial charge in [0.05, 0.1) is 0 Å². The molecular formula is C8H20N6. The zero-order valence-corrected chi connectivity index (χ0v) is 8.55. The summed E-state index contributed by atoms with van der Waals surface area (Å²) < 4.78 is 0. The molecule has 6 nitrogen and oxygen atoms in total. The molecule has 0 unspecified atom stereocenters. The van der Waals surface area contributed by atoms with Crippen molar-refractivity contribution >= 4 is 0 Å². The zero-order chi connectivity index (χ0) is 9.90. The largest absolute Gasteiger partial charge is 0.223 e. The molecule has 0 atom stereocenters. The Morgan fingerprint density at radius 2 is 1.00 bits per heavy atom. The lowest BCUT2D eigenvalue weighted by atomic mass is 10.1. The molecule has 4 N–H and O–H groups in total. The van der Waals surface area contributed by atoms with Gasteiger partial charge in [0.25, 0.3) is 0 Å². The molecule has 0 aliphatic carbocycles. The summed E-state index contributed by atoms with van der Waals surface area (Å²) in [7, 11) is 0. The normalized spacial score (nSPS) is 24.0. The van der Waals surface area contributed by atoms with E-state index in [-0.39, 0.29) is 0 Å². The minimum absolute atomic E-state index is 0.937. The lowest BCUT2D eigenvalue weighted by Gasteiger charge is -2.06. The van der Waals surface area contributed by atoms with Crippen LogP contribution in [0.3, 0.4) is 0 Å². The summed E-state index contributed by atoms with van der Waals surface area (Å²) >= 11 is 0. The van der Waals surface area contributed by atoms with Crippen LogP contribution in [0, 0.1) is 0 Å². The molecule has 0 saturated heterocycles. The second-order valence-corrected chi connectivity index (χ2v) is 3.40. The van der Waals surface area contributed by atoms with Gasteiger partial charge in [0.2, 0.25) is 0 Å². The highest BCUT2D eigenvalue weighted by molar-refractivity contribution is 4.48. The topological polar surface area (TPSA) is 72.8 Å². The van der Waals surface area contributed by atoms with Gasteiger partial charge in [-0.1, -0.05) is 25.7 Å². The number of hydrogen-bond acceptors (Lipinski definition) is 6. The molecule has 0 radical (unpaired) electrons. The third-order valence-corrected chi connectivity index (χ3v) is 2.16. The van der Waals surface area contributed by atoms with Crippen LogP contribution in [-0.4, -0.2) is 13.1 Å². The SMILES string of the molecule is C1CCCCNN/N=N\NNCCC1. The van der Waals surface area contributed by atoms with Gasteiger partial charge in [-0.25, -0.2) is 21.9 Å². The summed E-state index contributed by atoms with van der Waals surface area (Å²) in [6, 6.07) is 0. The van der Waals surface area contributed by atoms with Gasteiger partial charge in [0.15, 0.2) is 0 Å². The van der Waals surface area contributed by atoms with Crippen LogP contribution in [0.5, 0.6) is 0 Å². The fraction of sp³-hybridized carbons (Fsp3) is 1.00. The first-order valence-electron chi connectivity index (χ1n) is 5.35. The van der Waals surface area contributed by atoms with E-state index >= 15 is 0 Å². The average molecular weight is 200 g/mol. The number of hydrogen-bond donors (Lipinski definition) is 4. The van der Waals surface area contributed by atoms with Gasteiger partial charge >= 0.3 is 0 Å². The van der Waals surface area contributed by atoms with E-state index in [2.05, 4.69) is 32.4 Å². The van der Waals surface area contributed by atoms with Crippen molar-refractivity contribution in [1.82, 2.24) is 21.9 Å². The third-order valence-electron chi connectivity index (χ3n) is 2.16. The van der Waals surface area contributed by atoms with E-state index in [1.54, 1.807) is 0 Å². The van der Waals surface area contributed by atoms with Crippen molar-refractivity contribution in [2.45, 2.75) is 38.5 Å². The fourth-order valence-corrected chi connectivity index (χ4v) is 1.37. The maximum atomic E-state index is 3.65. The molecule has 1 aliphatic rings. The molecule has 1 rings (SSSR count). The Labute approximate surface area is 84.8 Å². The van der Waals surface area contributed by atoms with Crippen molar-refractivity contribution in [3.8, 4) is 0 Å². The molecule has 82 valence electrons. The van der Waals surface area contributed by atoms with Crippen LogP contribution >= 0.6 is 0 Å². The van der Waals surface area contributed by atoms with Gasteiger partial charge in [-0.3, -0.25) is 0 Å². The number of nitrogens with one attached hydrogen (secondary N) is 4. The summed E-state index contributed by atoms with van der Waals surface area (Å²) in [5.41, 5.74) is 11.2. The molecule has 0 saturated carbocycles. The minimum Gasteiger partial charge on any atom is -0.223 e.